The summed E-state index contributed by atoms with van der Waals surface area (Å²) < 4.78 is 12.7. The highest BCUT2D eigenvalue weighted by molar-refractivity contribution is 7.07. The molecule has 0 amide bonds. The summed E-state index contributed by atoms with van der Waals surface area (Å²) in [5.41, 5.74) is 2.96. The van der Waals surface area contributed by atoms with Gasteiger partial charge in [-0.1, -0.05) is 42.5 Å². The number of ether oxygens (including phenoxy) is 1. The van der Waals surface area contributed by atoms with E-state index in [4.69, 9.17) is 14.1 Å². The first-order chi connectivity index (χ1) is 13.8. The van der Waals surface area contributed by atoms with E-state index < -0.39 is 0 Å². The van der Waals surface area contributed by atoms with Crippen LogP contribution in [0.25, 0.3) is 11.5 Å². The summed E-state index contributed by atoms with van der Waals surface area (Å²) in [4.78, 5) is 5.55. The van der Waals surface area contributed by atoms with Gasteiger partial charge < -0.3 is 9.15 Å². The first-order valence-electron chi connectivity index (χ1n) is 8.81. The molecule has 0 unspecified atom stereocenters. The lowest BCUT2D eigenvalue weighted by Crippen LogP contribution is -2.12. The second kappa shape index (κ2) is 8.54. The van der Waals surface area contributed by atoms with Crippen LogP contribution in [0.2, 0.25) is 0 Å². The Kier molecular flexibility index (Phi) is 5.49. The fraction of sp³-hybridized carbons (Fsp3) is 0.0909. The van der Waals surface area contributed by atoms with Crippen molar-refractivity contribution in [3.8, 4) is 17.2 Å². The Balaban J connectivity index is 1.72. The maximum atomic E-state index is 5.58. The molecule has 6 heteroatoms. The topological polar surface area (TPSA) is 52.0 Å². The smallest absolute Gasteiger partial charge is 0.206 e. The van der Waals surface area contributed by atoms with Crippen LogP contribution in [0, 0.1) is 0 Å². The number of rotatable bonds is 6. The number of thiazole rings is 1. The van der Waals surface area contributed by atoms with Gasteiger partial charge in [0.25, 0.3) is 0 Å². The van der Waals surface area contributed by atoms with Crippen molar-refractivity contribution in [1.29, 1.82) is 0 Å². The predicted octanol–water partition coefficient (Wildman–Crippen LogP) is 4.80. The van der Waals surface area contributed by atoms with Crippen molar-refractivity contribution in [1.82, 2.24) is 4.68 Å². The molecule has 0 aliphatic rings. The third-order valence-electron chi connectivity index (χ3n) is 4.11. The van der Waals surface area contributed by atoms with E-state index >= 15 is 0 Å². The van der Waals surface area contributed by atoms with Crippen molar-refractivity contribution < 1.29 is 9.15 Å². The fourth-order valence-electron chi connectivity index (χ4n) is 2.70. The Hall–Kier alpha value is -3.38. The van der Waals surface area contributed by atoms with E-state index in [0.717, 1.165) is 33.1 Å². The number of nitrogens with zero attached hydrogens (tertiary/aromatic N) is 3. The first kappa shape index (κ1) is 18.0. The molecule has 0 saturated heterocycles. The monoisotopic (exact) mass is 389 g/mol. The van der Waals surface area contributed by atoms with Gasteiger partial charge in [-0.15, -0.1) is 11.3 Å². The fourth-order valence-corrected chi connectivity index (χ4v) is 3.52. The average molecular weight is 389 g/mol. The Morgan fingerprint density at radius 1 is 1.07 bits per heavy atom. The second-order valence-corrected chi connectivity index (χ2v) is 6.85. The van der Waals surface area contributed by atoms with Crippen molar-refractivity contribution in [2.45, 2.75) is 6.54 Å². The van der Waals surface area contributed by atoms with E-state index in [1.165, 1.54) is 11.3 Å². The molecule has 2 heterocycles. The van der Waals surface area contributed by atoms with Gasteiger partial charge in [0.15, 0.2) is 5.76 Å². The SMILES string of the molecule is COc1cccc(C=Nn2c(-c3ccco3)csc2=NCc2ccccc2)c1. The minimum absolute atomic E-state index is 0.591. The molecule has 0 aliphatic heterocycles. The van der Waals surface area contributed by atoms with E-state index in [2.05, 4.69) is 17.2 Å². The van der Waals surface area contributed by atoms with Crippen molar-refractivity contribution in [3.05, 3.63) is 94.3 Å². The minimum Gasteiger partial charge on any atom is -0.497 e. The summed E-state index contributed by atoms with van der Waals surface area (Å²) in [6.07, 6.45) is 3.45. The molecule has 0 fully saturated rings. The lowest BCUT2D eigenvalue weighted by Gasteiger charge is -2.02. The van der Waals surface area contributed by atoms with Crippen LogP contribution < -0.4 is 9.54 Å². The Bertz CT molecular complexity index is 1130. The maximum absolute atomic E-state index is 5.58. The largest absolute Gasteiger partial charge is 0.497 e. The van der Waals surface area contributed by atoms with Crippen LogP contribution in [-0.2, 0) is 6.54 Å². The third kappa shape index (κ3) is 4.13. The van der Waals surface area contributed by atoms with Gasteiger partial charge in [0.1, 0.15) is 11.4 Å². The Morgan fingerprint density at radius 3 is 2.75 bits per heavy atom. The van der Waals surface area contributed by atoms with Crippen LogP contribution in [0.5, 0.6) is 5.75 Å². The summed E-state index contributed by atoms with van der Waals surface area (Å²) >= 11 is 1.53. The molecule has 2 aromatic carbocycles. The number of hydrogen-bond acceptors (Lipinski definition) is 5. The van der Waals surface area contributed by atoms with Crippen molar-refractivity contribution in [3.63, 3.8) is 0 Å². The minimum atomic E-state index is 0.591. The van der Waals surface area contributed by atoms with Crippen molar-refractivity contribution in [2.75, 3.05) is 7.11 Å². The highest BCUT2D eigenvalue weighted by atomic mass is 32.1. The van der Waals surface area contributed by atoms with Gasteiger partial charge in [-0.05, 0) is 35.4 Å². The zero-order chi connectivity index (χ0) is 19.2. The van der Waals surface area contributed by atoms with Gasteiger partial charge in [-0.2, -0.15) is 5.10 Å². The molecule has 140 valence electrons. The number of furan rings is 1. The van der Waals surface area contributed by atoms with E-state index in [0.29, 0.717) is 6.54 Å². The average Bonchev–Trinajstić information content (AvgIpc) is 3.41. The van der Waals surface area contributed by atoms with Gasteiger partial charge in [-0.25, -0.2) is 4.68 Å². The first-order valence-corrected chi connectivity index (χ1v) is 9.69. The molecular formula is C22H19N3O2S. The summed E-state index contributed by atoms with van der Waals surface area (Å²) in [5, 5.41) is 6.68. The van der Waals surface area contributed by atoms with Crippen molar-refractivity contribution in [2.24, 2.45) is 10.1 Å². The zero-order valence-electron chi connectivity index (χ0n) is 15.4. The van der Waals surface area contributed by atoms with Crippen molar-refractivity contribution >= 4 is 17.6 Å². The van der Waals surface area contributed by atoms with Gasteiger partial charge >= 0.3 is 0 Å². The highest BCUT2D eigenvalue weighted by Gasteiger charge is 2.09. The second-order valence-electron chi connectivity index (χ2n) is 6.02. The van der Waals surface area contributed by atoms with Crippen LogP contribution >= 0.6 is 11.3 Å². The quantitative estimate of drug-likeness (QED) is 0.445. The van der Waals surface area contributed by atoms with E-state index in [-0.39, 0.29) is 0 Å². The van der Waals surface area contributed by atoms with E-state index in [1.54, 1.807) is 19.6 Å². The lowest BCUT2D eigenvalue weighted by molar-refractivity contribution is 0.414. The molecule has 0 saturated carbocycles. The molecule has 28 heavy (non-hydrogen) atoms. The van der Waals surface area contributed by atoms with Gasteiger partial charge in [0.05, 0.1) is 26.1 Å². The molecule has 0 spiro atoms. The standard InChI is InChI=1S/C22H19N3O2S/c1-26-19-10-5-9-18(13-19)15-24-25-20(21-11-6-12-27-21)16-28-22(25)23-14-17-7-3-2-4-8-17/h2-13,15-16H,14H2,1H3. The Morgan fingerprint density at radius 2 is 1.96 bits per heavy atom. The lowest BCUT2D eigenvalue weighted by atomic mass is 10.2. The summed E-state index contributed by atoms with van der Waals surface area (Å²) in [6.45, 7) is 0.591. The molecule has 4 rings (SSSR count). The maximum Gasteiger partial charge on any atom is 0.206 e. The molecule has 5 nitrogen and oxygen atoms in total. The molecule has 0 radical (unpaired) electrons. The summed E-state index contributed by atoms with van der Waals surface area (Å²) in [5.74, 6) is 1.54. The number of methoxy groups -OCH3 is 1. The Labute approximate surface area is 166 Å². The van der Waals surface area contributed by atoms with Crippen LogP contribution in [-0.4, -0.2) is 18.0 Å². The predicted molar refractivity (Wildman–Crippen MR) is 112 cm³/mol. The number of benzene rings is 2. The van der Waals surface area contributed by atoms with E-state index in [1.807, 2.05) is 64.7 Å². The summed E-state index contributed by atoms with van der Waals surface area (Å²) in [7, 11) is 1.65. The molecule has 0 N–H and O–H groups in total. The van der Waals surface area contributed by atoms with Crippen LogP contribution in [0.3, 0.4) is 0 Å². The van der Waals surface area contributed by atoms with Gasteiger partial charge in [0.2, 0.25) is 4.80 Å². The van der Waals surface area contributed by atoms with Gasteiger partial charge in [0, 0.05) is 5.38 Å². The van der Waals surface area contributed by atoms with Crippen LogP contribution in [0.1, 0.15) is 11.1 Å². The molecule has 0 atom stereocenters. The normalized spacial score (nSPS) is 12.0. The highest BCUT2D eigenvalue weighted by Crippen LogP contribution is 2.20. The molecule has 4 aromatic rings. The van der Waals surface area contributed by atoms with Gasteiger partial charge in [-0.3, -0.25) is 4.99 Å². The molecule has 0 aliphatic carbocycles. The summed E-state index contributed by atoms with van der Waals surface area (Å²) in [6, 6.07) is 21.7. The molecule has 0 bridgehead atoms. The van der Waals surface area contributed by atoms with Crippen LogP contribution in [0.4, 0.5) is 0 Å². The molecule has 2 aromatic heterocycles. The van der Waals surface area contributed by atoms with E-state index in [9.17, 15) is 0 Å². The number of hydrogen-bond donors (Lipinski definition) is 0. The third-order valence-corrected chi connectivity index (χ3v) is 4.97. The number of aromatic nitrogens is 1. The zero-order valence-corrected chi connectivity index (χ0v) is 16.2. The van der Waals surface area contributed by atoms with Crippen LogP contribution in [0.15, 0.2) is 92.9 Å². The molecular weight excluding hydrogens is 370 g/mol.